The lowest BCUT2D eigenvalue weighted by Crippen LogP contribution is -2.22. The molecule has 29 heavy (non-hydrogen) atoms. The van der Waals surface area contributed by atoms with Gasteiger partial charge in [-0.25, -0.2) is 4.98 Å². The maximum absolute atomic E-state index is 12.4. The summed E-state index contributed by atoms with van der Waals surface area (Å²) >= 11 is 3.04. The summed E-state index contributed by atoms with van der Waals surface area (Å²) in [4.78, 5) is 19.3. The normalized spacial score (nSPS) is 10.9. The van der Waals surface area contributed by atoms with Crippen LogP contribution in [-0.4, -0.2) is 36.3 Å². The van der Waals surface area contributed by atoms with Gasteiger partial charge in [-0.05, 0) is 69.7 Å². The lowest BCUT2D eigenvalue weighted by Gasteiger charge is -2.23. The smallest absolute Gasteiger partial charge is 0.234 e. The zero-order valence-corrected chi connectivity index (χ0v) is 19.0. The van der Waals surface area contributed by atoms with Crippen molar-refractivity contribution in [3.05, 3.63) is 42.0 Å². The SMILES string of the molecule is CCOc1ccc2nc(SCC(=O)Nc3ccc(N(CC)CC)c(C)c3)sc2c1. The minimum absolute atomic E-state index is 0.0285. The van der Waals surface area contributed by atoms with E-state index in [0.717, 1.165) is 44.6 Å². The Hall–Kier alpha value is -2.25. The molecule has 1 heterocycles. The van der Waals surface area contributed by atoms with Crippen molar-refractivity contribution in [2.24, 2.45) is 0 Å². The highest BCUT2D eigenvalue weighted by Crippen LogP contribution is 2.32. The fourth-order valence-electron chi connectivity index (χ4n) is 3.18. The summed E-state index contributed by atoms with van der Waals surface area (Å²) in [5, 5.41) is 2.99. The van der Waals surface area contributed by atoms with Gasteiger partial charge in [0.15, 0.2) is 4.34 Å². The number of ether oxygens (including phenoxy) is 1. The molecule has 0 aliphatic rings. The summed E-state index contributed by atoms with van der Waals surface area (Å²) in [7, 11) is 0. The quantitative estimate of drug-likeness (QED) is 0.450. The van der Waals surface area contributed by atoms with E-state index in [1.54, 1.807) is 11.3 Å². The van der Waals surface area contributed by atoms with E-state index in [9.17, 15) is 4.79 Å². The van der Waals surface area contributed by atoms with Crippen molar-refractivity contribution >= 4 is 50.6 Å². The maximum atomic E-state index is 12.4. The highest BCUT2D eigenvalue weighted by molar-refractivity contribution is 8.01. The van der Waals surface area contributed by atoms with Gasteiger partial charge in [0.05, 0.1) is 22.6 Å². The van der Waals surface area contributed by atoms with Crippen molar-refractivity contribution in [1.29, 1.82) is 0 Å². The number of anilines is 2. The molecule has 1 N–H and O–H groups in total. The lowest BCUT2D eigenvalue weighted by atomic mass is 10.1. The van der Waals surface area contributed by atoms with Crippen LogP contribution >= 0.6 is 23.1 Å². The van der Waals surface area contributed by atoms with Crippen LogP contribution in [0.4, 0.5) is 11.4 Å². The monoisotopic (exact) mass is 429 g/mol. The van der Waals surface area contributed by atoms with Gasteiger partial charge >= 0.3 is 0 Å². The Morgan fingerprint density at radius 2 is 1.97 bits per heavy atom. The molecule has 3 aromatic rings. The van der Waals surface area contributed by atoms with Crippen molar-refractivity contribution in [1.82, 2.24) is 4.98 Å². The number of nitrogens with zero attached hydrogens (tertiary/aromatic N) is 2. The van der Waals surface area contributed by atoms with E-state index in [0.29, 0.717) is 12.4 Å². The number of nitrogens with one attached hydrogen (secondary N) is 1. The molecular weight excluding hydrogens is 402 g/mol. The fourth-order valence-corrected chi connectivity index (χ4v) is 5.08. The summed E-state index contributed by atoms with van der Waals surface area (Å²) in [6.07, 6.45) is 0. The molecule has 0 aliphatic heterocycles. The van der Waals surface area contributed by atoms with Crippen LogP contribution in [0.25, 0.3) is 10.2 Å². The fraction of sp³-hybridized carbons (Fsp3) is 0.364. The van der Waals surface area contributed by atoms with Crippen LogP contribution in [0.1, 0.15) is 26.3 Å². The molecular formula is C22H27N3O2S2. The van der Waals surface area contributed by atoms with E-state index in [4.69, 9.17) is 4.74 Å². The van der Waals surface area contributed by atoms with E-state index < -0.39 is 0 Å². The number of aryl methyl sites for hydroxylation is 1. The third-order valence-electron chi connectivity index (χ3n) is 4.56. The number of carbonyl (C=O) groups is 1. The molecule has 0 aliphatic carbocycles. The van der Waals surface area contributed by atoms with Gasteiger partial charge in [0, 0.05) is 24.5 Å². The maximum Gasteiger partial charge on any atom is 0.234 e. The van der Waals surface area contributed by atoms with Crippen LogP contribution in [0, 0.1) is 6.92 Å². The Balaban J connectivity index is 1.60. The molecule has 0 atom stereocenters. The molecule has 1 aromatic heterocycles. The second-order valence-corrected chi connectivity index (χ2v) is 8.81. The van der Waals surface area contributed by atoms with Crippen LogP contribution < -0.4 is 15.0 Å². The Labute approximate surface area is 180 Å². The lowest BCUT2D eigenvalue weighted by molar-refractivity contribution is -0.113. The van der Waals surface area contributed by atoms with Crippen LogP contribution in [-0.2, 0) is 4.79 Å². The summed E-state index contributed by atoms with van der Waals surface area (Å²) in [5.74, 6) is 1.15. The second-order valence-electron chi connectivity index (χ2n) is 6.55. The highest BCUT2D eigenvalue weighted by atomic mass is 32.2. The zero-order valence-electron chi connectivity index (χ0n) is 17.3. The van der Waals surface area contributed by atoms with Crippen LogP contribution in [0.15, 0.2) is 40.7 Å². The predicted molar refractivity (Wildman–Crippen MR) is 125 cm³/mol. The van der Waals surface area contributed by atoms with Crippen molar-refractivity contribution in [2.45, 2.75) is 32.0 Å². The Bertz CT molecular complexity index is 983. The van der Waals surface area contributed by atoms with Gasteiger partial charge < -0.3 is 15.0 Å². The number of amides is 1. The first kappa shape index (κ1) is 21.5. The first-order valence-corrected chi connectivity index (χ1v) is 11.7. The Morgan fingerprint density at radius 1 is 1.17 bits per heavy atom. The molecule has 2 aromatic carbocycles. The topological polar surface area (TPSA) is 54.5 Å². The van der Waals surface area contributed by atoms with Gasteiger partial charge in [-0.3, -0.25) is 4.79 Å². The third kappa shape index (κ3) is 5.42. The van der Waals surface area contributed by atoms with E-state index in [1.165, 1.54) is 17.4 Å². The van der Waals surface area contributed by atoms with Gasteiger partial charge in [0.25, 0.3) is 0 Å². The number of rotatable bonds is 9. The number of hydrogen-bond donors (Lipinski definition) is 1. The van der Waals surface area contributed by atoms with Crippen LogP contribution in [0.2, 0.25) is 0 Å². The van der Waals surface area contributed by atoms with E-state index >= 15 is 0 Å². The van der Waals surface area contributed by atoms with Crippen molar-refractivity contribution in [3.63, 3.8) is 0 Å². The van der Waals surface area contributed by atoms with Crippen molar-refractivity contribution in [2.75, 3.05) is 35.7 Å². The number of aromatic nitrogens is 1. The van der Waals surface area contributed by atoms with Crippen molar-refractivity contribution < 1.29 is 9.53 Å². The van der Waals surface area contributed by atoms with Gasteiger partial charge in [-0.2, -0.15) is 0 Å². The third-order valence-corrected chi connectivity index (χ3v) is 6.72. The number of fused-ring (bicyclic) bond motifs is 1. The van der Waals surface area contributed by atoms with Gasteiger partial charge in [-0.1, -0.05) is 11.8 Å². The first-order valence-electron chi connectivity index (χ1n) is 9.85. The predicted octanol–water partition coefficient (Wildman–Crippen LogP) is 5.58. The number of thiazole rings is 1. The zero-order chi connectivity index (χ0) is 20.8. The Kier molecular flexibility index (Phi) is 7.39. The molecule has 1 amide bonds. The van der Waals surface area contributed by atoms with Gasteiger partial charge in [-0.15, -0.1) is 11.3 Å². The van der Waals surface area contributed by atoms with E-state index in [-0.39, 0.29) is 5.91 Å². The molecule has 5 nitrogen and oxygen atoms in total. The summed E-state index contributed by atoms with van der Waals surface area (Å²) in [6, 6.07) is 12.0. The molecule has 0 fully saturated rings. The Morgan fingerprint density at radius 3 is 2.66 bits per heavy atom. The molecule has 0 saturated heterocycles. The first-order chi connectivity index (χ1) is 14.0. The molecule has 154 valence electrons. The van der Waals surface area contributed by atoms with E-state index in [1.807, 2.05) is 37.3 Å². The largest absolute Gasteiger partial charge is 0.494 e. The average molecular weight is 430 g/mol. The summed E-state index contributed by atoms with van der Waals surface area (Å²) < 4.78 is 7.50. The summed E-state index contributed by atoms with van der Waals surface area (Å²) in [6.45, 7) is 10.9. The van der Waals surface area contributed by atoms with Gasteiger partial charge in [0.2, 0.25) is 5.91 Å². The molecule has 0 unspecified atom stereocenters. The second kappa shape index (κ2) is 9.98. The number of carbonyl (C=O) groups excluding carboxylic acids is 1. The van der Waals surface area contributed by atoms with Crippen LogP contribution in [0.5, 0.6) is 5.75 Å². The average Bonchev–Trinajstić information content (AvgIpc) is 3.11. The number of hydrogen-bond acceptors (Lipinski definition) is 6. The molecule has 0 bridgehead atoms. The van der Waals surface area contributed by atoms with Crippen LogP contribution in [0.3, 0.4) is 0 Å². The molecule has 7 heteroatoms. The van der Waals surface area contributed by atoms with Crippen molar-refractivity contribution in [3.8, 4) is 5.75 Å². The molecule has 0 spiro atoms. The highest BCUT2D eigenvalue weighted by Gasteiger charge is 2.11. The minimum atomic E-state index is -0.0285. The number of thioether (sulfide) groups is 1. The number of benzene rings is 2. The standard InChI is InChI=1S/C22H27N3O2S2/c1-5-25(6-2)19-11-8-16(12-15(19)4)23-21(26)14-28-22-24-18-10-9-17(27-7-3)13-20(18)29-22/h8-13H,5-7,14H2,1-4H3,(H,23,26). The molecule has 0 radical (unpaired) electrons. The summed E-state index contributed by atoms with van der Waals surface area (Å²) in [5.41, 5.74) is 4.14. The van der Waals surface area contributed by atoms with Gasteiger partial charge in [0.1, 0.15) is 5.75 Å². The van der Waals surface area contributed by atoms with E-state index in [2.05, 4.69) is 42.0 Å². The molecule has 3 rings (SSSR count). The molecule has 0 saturated carbocycles. The minimum Gasteiger partial charge on any atom is -0.494 e.